The molecule has 0 saturated carbocycles. The van der Waals surface area contributed by atoms with Crippen LogP contribution in [0, 0.1) is 25.2 Å². The van der Waals surface area contributed by atoms with E-state index in [0.717, 1.165) is 22.5 Å². The van der Waals surface area contributed by atoms with Gasteiger partial charge in [-0.2, -0.15) is 5.26 Å². The number of aryl methyl sites for hydroxylation is 2. The zero-order valence-electron chi connectivity index (χ0n) is 13.4. The van der Waals surface area contributed by atoms with Crippen molar-refractivity contribution < 1.29 is 9.53 Å². The molecule has 0 N–H and O–H groups in total. The average molecular weight is 317 g/mol. The van der Waals surface area contributed by atoms with Gasteiger partial charge in [-0.1, -0.05) is 12.1 Å². The summed E-state index contributed by atoms with van der Waals surface area (Å²) in [4.78, 5) is 21.1. The SMILES string of the molecule is Cc1nc2ccc(C(=O)OCc3cccc(C#N)c3)cc2nc1C. The zero-order chi connectivity index (χ0) is 17.1. The second-order valence-corrected chi connectivity index (χ2v) is 5.49. The Morgan fingerprint density at radius 2 is 1.83 bits per heavy atom. The summed E-state index contributed by atoms with van der Waals surface area (Å²) in [5, 5.41) is 8.89. The molecule has 0 aliphatic carbocycles. The first kappa shape index (κ1) is 15.6. The molecule has 1 aromatic heterocycles. The van der Waals surface area contributed by atoms with E-state index in [1.165, 1.54) is 0 Å². The van der Waals surface area contributed by atoms with Gasteiger partial charge in [-0.25, -0.2) is 14.8 Å². The fourth-order valence-electron chi connectivity index (χ4n) is 2.32. The Balaban J connectivity index is 1.78. The van der Waals surface area contributed by atoms with E-state index < -0.39 is 5.97 Å². The summed E-state index contributed by atoms with van der Waals surface area (Å²) in [6.07, 6.45) is 0. The van der Waals surface area contributed by atoms with Crippen LogP contribution >= 0.6 is 0 Å². The van der Waals surface area contributed by atoms with Gasteiger partial charge < -0.3 is 4.74 Å². The van der Waals surface area contributed by atoms with Crippen LogP contribution in [-0.2, 0) is 11.3 Å². The molecule has 3 aromatic rings. The summed E-state index contributed by atoms with van der Waals surface area (Å²) in [6, 6.07) is 14.2. The fourth-order valence-corrected chi connectivity index (χ4v) is 2.32. The fraction of sp³-hybridized carbons (Fsp3) is 0.158. The molecule has 5 nitrogen and oxygen atoms in total. The lowest BCUT2D eigenvalue weighted by Crippen LogP contribution is -2.06. The summed E-state index contributed by atoms with van der Waals surface area (Å²) < 4.78 is 5.32. The number of nitriles is 1. The molecule has 0 amide bonds. The van der Waals surface area contributed by atoms with E-state index in [2.05, 4.69) is 16.0 Å². The van der Waals surface area contributed by atoms with Crippen molar-refractivity contribution in [1.29, 1.82) is 5.26 Å². The second kappa shape index (κ2) is 6.47. The number of hydrogen-bond acceptors (Lipinski definition) is 5. The van der Waals surface area contributed by atoms with Crippen LogP contribution in [0.15, 0.2) is 42.5 Å². The summed E-state index contributed by atoms with van der Waals surface area (Å²) in [5.74, 6) is -0.431. The molecule has 0 saturated heterocycles. The van der Waals surface area contributed by atoms with E-state index in [4.69, 9.17) is 10.00 Å². The minimum absolute atomic E-state index is 0.116. The Bertz CT molecular complexity index is 974. The van der Waals surface area contributed by atoms with Crippen LogP contribution in [0.1, 0.15) is 32.9 Å². The molecule has 5 heteroatoms. The van der Waals surface area contributed by atoms with Crippen LogP contribution in [0.4, 0.5) is 0 Å². The van der Waals surface area contributed by atoms with Gasteiger partial charge in [-0.15, -0.1) is 0 Å². The summed E-state index contributed by atoms with van der Waals surface area (Å²) >= 11 is 0. The van der Waals surface area contributed by atoms with Crippen LogP contribution in [-0.4, -0.2) is 15.9 Å². The maximum Gasteiger partial charge on any atom is 0.338 e. The number of aromatic nitrogens is 2. The first-order valence-electron chi connectivity index (χ1n) is 7.48. The number of benzene rings is 2. The number of rotatable bonds is 3. The summed E-state index contributed by atoms with van der Waals surface area (Å²) in [7, 11) is 0. The van der Waals surface area contributed by atoms with E-state index in [0.29, 0.717) is 16.6 Å². The predicted octanol–water partition coefficient (Wildman–Crippen LogP) is 3.48. The van der Waals surface area contributed by atoms with Crippen molar-refractivity contribution in [2.24, 2.45) is 0 Å². The third-order valence-corrected chi connectivity index (χ3v) is 3.74. The quantitative estimate of drug-likeness (QED) is 0.691. The van der Waals surface area contributed by atoms with Gasteiger partial charge in [-0.05, 0) is 49.7 Å². The van der Waals surface area contributed by atoms with Gasteiger partial charge in [0.05, 0.1) is 39.6 Å². The molecule has 0 unspecified atom stereocenters. The molecule has 0 aliphatic rings. The highest BCUT2D eigenvalue weighted by atomic mass is 16.5. The first-order chi connectivity index (χ1) is 11.6. The smallest absolute Gasteiger partial charge is 0.338 e. The van der Waals surface area contributed by atoms with E-state index >= 15 is 0 Å². The number of fused-ring (bicyclic) bond motifs is 1. The van der Waals surface area contributed by atoms with Crippen molar-refractivity contribution in [3.8, 4) is 6.07 Å². The molecule has 118 valence electrons. The lowest BCUT2D eigenvalue weighted by Gasteiger charge is -2.07. The molecule has 3 rings (SSSR count). The second-order valence-electron chi connectivity index (χ2n) is 5.49. The van der Waals surface area contributed by atoms with E-state index in [-0.39, 0.29) is 6.61 Å². The molecule has 0 aliphatic heterocycles. The van der Waals surface area contributed by atoms with Gasteiger partial charge in [0.25, 0.3) is 0 Å². The molecular weight excluding hydrogens is 302 g/mol. The van der Waals surface area contributed by atoms with Crippen LogP contribution < -0.4 is 0 Å². The third-order valence-electron chi connectivity index (χ3n) is 3.74. The topological polar surface area (TPSA) is 75.9 Å². The molecule has 0 bridgehead atoms. The Morgan fingerprint density at radius 3 is 2.58 bits per heavy atom. The Hall–Kier alpha value is -3.26. The van der Waals surface area contributed by atoms with Gasteiger partial charge in [0.2, 0.25) is 0 Å². The highest BCUT2D eigenvalue weighted by Gasteiger charge is 2.10. The first-order valence-corrected chi connectivity index (χ1v) is 7.48. The molecule has 2 aromatic carbocycles. The molecule has 1 heterocycles. The number of ether oxygens (including phenoxy) is 1. The van der Waals surface area contributed by atoms with Crippen molar-refractivity contribution in [2.75, 3.05) is 0 Å². The Kier molecular flexibility index (Phi) is 4.21. The van der Waals surface area contributed by atoms with Gasteiger partial charge in [0.15, 0.2) is 0 Å². The van der Waals surface area contributed by atoms with Gasteiger partial charge in [0, 0.05) is 0 Å². The largest absolute Gasteiger partial charge is 0.457 e. The van der Waals surface area contributed by atoms with Crippen molar-refractivity contribution in [3.05, 3.63) is 70.5 Å². The average Bonchev–Trinajstić information content (AvgIpc) is 2.60. The Morgan fingerprint density at radius 1 is 1.08 bits per heavy atom. The lowest BCUT2D eigenvalue weighted by molar-refractivity contribution is 0.0473. The number of carbonyl (C=O) groups excluding carboxylic acids is 1. The number of nitrogens with zero attached hydrogens (tertiary/aromatic N) is 3. The normalized spacial score (nSPS) is 10.4. The van der Waals surface area contributed by atoms with E-state index in [1.54, 1.807) is 36.4 Å². The highest BCUT2D eigenvalue weighted by Crippen LogP contribution is 2.16. The molecule has 24 heavy (non-hydrogen) atoms. The van der Waals surface area contributed by atoms with Gasteiger partial charge in [-0.3, -0.25) is 0 Å². The van der Waals surface area contributed by atoms with Crippen molar-refractivity contribution in [2.45, 2.75) is 20.5 Å². The molecule has 0 spiro atoms. The number of hydrogen-bond donors (Lipinski definition) is 0. The van der Waals surface area contributed by atoms with Crippen molar-refractivity contribution in [1.82, 2.24) is 9.97 Å². The Labute approximate surface area is 139 Å². The van der Waals surface area contributed by atoms with Gasteiger partial charge >= 0.3 is 5.97 Å². The van der Waals surface area contributed by atoms with Crippen molar-refractivity contribution in [3.63, 3.8) is 0 Å². The standard InChI is InChI=1S/C19H15N3O2/c1-12-13(2)22-18-9-16(6-7-17(18)21-12)19(23)24-11-15-5-3-4-14(8-15)10-20/h3-9H,11H2,1-2H3. The minimum atomic E-state index is -0.431. The number of carbonyl (C=O) groups is 1. The highest BCUT2D eigenvalue weighted by molar-refractivity contribution is 5.93. The lowest BCUT2D eigenvalue weighted by atomic mass is 10.1. The van der Waals surface area contributed by atoms with Crippen LogP contribution in [0.2, 0.25) is 0 Å². The minimum Gasteiger partial charge on any atom is -0.457 e. The van der Waals surface area contributed by atoms with E-state index in [1.807, 2.05) is 19.9 Å². The summed E-state index contributed by atoms with van der Waals surface area (Å²) in [5.41, 5.74) is 4.85. The number of esters is 1. The molecule has 0 atom stereocenters. The summed E-state index contributed by atoms with van der Waals surface area (Å²) in [6.45, 7) is 3.90. The molecule has 0 fully saturated rings. The van der Waals surface area contributed by atoms with Crippen LogP contribution in [0.5, 0.6) is 0 Å². The maximum atomic E-state index is 12.2. The molecule has 0 radical (unpaired) electrons. The van der Waals surface area contributed by atoms with Gasteiger partial charge in [0.1, 0.15) is 6.61 Å². The third kappa shape index (κ3) is 3.23. The molecular formula is C19H15N3O2. The maximum absolute atomic E-state index is 12.2. The van der Waals surface area contributed by atoms with E-state index in [9.17, 15) is 4.79 Å². The predicted molar refractivity (Wildman–Crippen MR) is 89.3 cm³/mol. The van der Waals surface area contributed by atoms with Crippen LogP contribution in [0.25, 0.3) is 11.0 Å². The monoisotopic (exact) mass is 317 g/mol. The zero-order valence-corrected chi connectivity index (χ0v) is 13.4. The van der Waals surface area contributed by atoms with Crippen LogP contribution in [0.3, 0.4) is 0 Å². The van der Waals surface area contributed by atoms with Crippen molar-refractivity contribution >= 4 is 17.0 Å².